The molecular formula is C12H23N3O. The number of hydrogen-bond acceptors (Lipinski definition) is 3. The van der Waals surface area contributed by atoms with Crippen molar-refractivity contribution in [2.75, 3.05) is 26.2 Å². The highest BCUT2D eigenvalue weighted by atomic mass is 16.1. The number of likely N-dealkylation sites (tertiary alicyclic amines) is 1. The van der Waals surface area contributed by atoms with Crippen LogP contribution in [-0.2, 0) is 4.79 Å². The standard InChI is InChI=1S/C12H23N3O/c1-9-2-3-11(12(13)16)8-15(9)7-10-4-5-14-6-10/h9-11,14H,2-8H2,1H3,(H2,13,16). The Labute approximate surface area is 97.6 Å². The van der Waals surface area contributed by atoms with Gasteiger partial charge in [0.1, 0.15) is 0 Å². The molecule has 0 aliphatic carbocycles. The lowest BCUT2D eigenvalue weighted by Crippen LogP contribution is -2.47. The Morgan fingerprint density at radius 2 is 2.25 bits per heavy atom. The van der Waals surface area contributed by atoms with Crippen molar-refractivity contribution in [1.29, 1.82) is 0 Å². The van der Waals surface area contributed by atoms with E-state index in [1.54, 1.807) is 0 Å². The molecule has 0 saturated carbocycles. The van der Waals surface area contributed by atoms with Crippen molar-refractivity contribution in [1.82, 2.24) is 10.2 Å². The number of rotatable bonds is 3. The van der Waals surface area contributed by atoms with E-state index in [0.29, 0.717) is 6.04 Å². The summed E-state index contributed by atoms with van der Waals surface area (Å²) in [5.74, 6) is 0.709. The Hall–Kier alpha value is -0.610. The average molecular weight is 225 g/mol. The lowest BCUT2D eigenvalue weighted by atomic mass is 9.92. The molecule has 2 heterocycles. The van der Waals surface area contributed by atoms with Crippen LogP contribution in [0.15, 0.2) is 0 Å². The van der Waals surface area contributed by atoms with Crippen LogP contribution in [0.1, 0.15) is 26.2 Å². The Kier molecular flexibility index (Phi) is 3.82. The molecule has 4 nitrogen and oxygen atoms in total. The van der Waals surface area contributed by atoms with E-state index in [0.717, 1.165) is 44.9 Å². The first-order valence-electron chi connectivity index (χ1n) is 6.41. The summed E-state index contributed by atoms with van der Waals surface area (Å²) in [5.41, 5.74) is 5.41. The second-order valence-electron chi connectivity index (χ2n) is 5.34. The van der Waals surface area contributed by atoms with Crippen LogP contribution in [0.3, 0.4) is 0 Å². The number of amides is 1. The van der Waals surface area contributed by atoms with Gasteiger partial charge < -0.3 is 11.1 Å². The molecule has 0 bridgehead atoms. The molecule has 16 heavy (non-hydrogen) atoms. The fourth-order valence-electron chi connectivity index (χ4n) is 2.87. The molecule has 0 aromatic rings. The summed E-state index contributed by atoms with van der Waals surface area (Å²) in [6.07, 6.45) is 3.34. The maximum Gasteiger partial charge on any atom is 0.221 e. The molecule has 2 rings (SSSR count). The Balaban J connectivity index is 1.87. The minimum absolute atomic E-state index is 0.0746. The molecule has 4 heteroatoms. The van der Waals surface area contributed by atoms with Gasteiger partial charge in [0.05, 0.1) is 5.92 Å². The summed E-state index contributed by atoms with van der Waals surface area (Å²) in [7, 11) is 0. The molecule has 2 saturated heterocycles. The molecule has 0 spiro atoms. The Morgan fingerprint density at radius 3 is 2.88 bits per heavy atom. The Morgan fingerprint density at radius 1 is 1.44 bits per heavy atom. The number of nitrogens with zero attached hydrogens (tertiary/aromatic N) is 1. The SMILES string of the molecule is CC1CCC(C(N)=O)CN1CC1CCNC1. The van der Waals surface area contributed by atoms with Gasteiger partial charge in [-0.15, -0.1) is 0 Å². The zero-order chi connectivity index (χ0) is 11.5. The second kappa shape index (κ2) is 5.15. The first kappa shape index (κ1) is 11.9. The fourth-order valence-corrected chi connectivity index (χ4v) is 2.87. The highest BCUT2D eigenvalue weighted by Gasteiger charge is 2.30. The summed E-state index contributed by atoms with van der Waals surface area (Å²) >= 11 is 0. The third-order valence-corrected chi connectivity index (χ3v) is 4.07. The van der Waals surface area contributed by atoms with Gasteiger partial charge in [0.25, 0.3) is 0 Å². The molecule has 1 amide bonds. The molecule has 3 unspecified atom stereocenters. The van der Waals surface area contributed by atoms with E-state index in [1.807, 2.05) is 0 Å². The summed E-state index contributed by atoms with van der Waals surface area (Å²) in [5, 5.41) is 3.39. The predicted octanol–water partition coefficient (Wildman–Crippen LogP) is 0.182. The van der Waals surface area contributed by atoms with Gasteiger partial charge >= 0.3 is 0 Å². The largest absolute Gasteiger partial charge is 0.369 e. The number of nitrogens with two attached hydrogens (primary N) is 1. The van der Waals surface area contributed by atoms with E-state index in [2.05, 4.69) is 17.1 Å². The summed E-state index contributed by atoms with van der Waals surface area (Å²) in [4.78, 5) is 13.7. The van der Waals surface area contributed by atoms with E-state index in [9.17, 15) is 4.79 Å². The predicted molar refractivity (Wildman–Crippen MR) is 63.9 cm³/mol. The number of piperidine rings is 1. The number of nitrogens with one attached hydrogen (secondary N) is 1. The van der Waals surface area contributed by atoms with Gasteiger partial charge in [0.2, 0.25) is 5.91 Å². The molecule has 2 fully saturated rings. The molecule has 0 radical (unpaired) electrons. The fraction of sp³-hybridized carbons (Fsp3) is 0.917. The van der Waals surface area contributed by atoms with Gasteiger partial charge in [0.15, 0.2) is 0 Å². The van der Waals surface area contributed by atoms with Crippen LogP contribution >= 0.6 is 0 Å². The van der Waals surface area contributed by atoms with Crippen LogP contribution in [0.25, 0.3) is 0 Å². The van der Waals surface area contributed by atoms with E-state index in [4.69, 9.17) is 5.73 Å². The third kappa shape index (κ3) is 2.74. The lowest BCUT2D eigenvalue weighted by Gasteiger charge is -2.38. The van der Waals surface area contributed by atoms with Crippen molar-refractivity contribution in [2.45, 2.75) is 32.2 Å². The maximum absolute atomic E-state index is 11.2. The highest BCUT2D eigenvalue weighted by molar-refractivity contribution is 5.76. The molecule has 92 valence electrons. The molecular weight excluding hydrogens is 202 g/mol. The van der Waals surface area contributed by atoms with Gasteiger partial charge in [-0.3, -0.25) is 9.69 Å². The van der Waals surface area contributed by atoms with Gasteiger partial charge in [-0.2, -0.15) is 0 Å². The number of carbonyl (C=O) groups is 1. The van der Waals surface area contributed by atoms with Crippen LogP contribution in [0.2, 0.25) is 0 Å². The van der Waals surface area contributed by atoms with Gasteiger partial charge in [0, 0.05) is 19.1 Å². The van der Waals surface area contributed by atoms with Crippen molar-refractivity contribution in [3.05, 3.63) is 0 Å². The van der Waals surface area contributed by atoms with Gasteiger partial charge in [-0.1, -0.05) is 0 Å². The number of hydrogen-bond donors (Lipinski definition) is 2. The summed E-state index contributed by atoms with van der Waals surface area (Å²) < 4.78 is 0. The maximum atomic E-state index is 11.2. The molecule has 2 aliphatic rings. The molecule has 2 aliphatic heterocycles. The third-order valence-electron chi connectivity index (χ3n) is 4.07. The second-order valence-corrected chi connectivity index (χ2v) is 5.34. The highest BCUT2D eigenvalue weighted by Crippen LogP contribution is 2.23. The van der Waals surface area contributed by atoms with Gasteiger partial charge in [-0.25, -0.2) is 0 Å². The Bertz CT molecular complexity index is 251. The zero-order valence-electron chi connectivity index (χ0n) is 10.1. The zero-order valence-corrected chi connectivity index (χ0v) is 10.1. The van der Waals surface area contributed by atoms with Crippen LogP contribution in [0, 0.1) is 11.8 Å². The van der Waals surface area contributed by atoms with Crippen LogP contribution in [-0.4, -0.2) is 43.0 Å². The number of carbonyl (C=O) groups excluding carboxylic acids is 1. The number of primary amides is 1. The van der Waals surface area contributed by atoms with Crippen molar-refractivity contribution in [3.8, 4) is 0 Å². The van der Waals surface area contributed by atoms with E-state index in [-0.39, 0.29) is 11.8 Å². The van der Waals surface area contributed by atoms with E-state index >= 15 is 0 Å². The van der Waals surface area contributed by atoms with E-state index in [1.165, 1.54) is 6.42 Å². The minimum atomic E-state index is -0.124. The normalized spacial score (nSPS) is 36.4. The summed E-state index contributed by atoms with van der Waals surface area (Å²) in [6.45, 7) is 6.53. The van der Waals surface area contributed by atoms with Crippen molar-refractivity contribution < 1.29 is 4.79 Å². The first-order chi connectivity index (χ1) is 7.66. The quantitative estimate of drug-likeness (QED) is 0.720. The van der Waals surface area contributed by atoms with Crippen LogP contribution in [0.4, 0.5) is 0 Å². The van der Waals surface area contributed by atoms with Crippen molar-refractivity contribution >= 4 is 5.91 Å². The molecule has 3 N–H and O–H groups in total. The van der Waals surface area contributed by atoms with Gasteiger partial charge in [-0.05, 0) is 45.2 Å². The van der Waals surface area contributed by atoms with Crippen molar-refractivity contribution in [3.63, 3.8) is 0 Å². The monoisotopic (exact) mass is 225 g/mol. The lowest BCUT2D eigenvalue weighted by molar-refractivity contribution is -0.124. The smallest absolute Gasteiger partial charge is 0.221 e. The van der Waals surface area contributed by atoms with E-state index < -0.39 is 0 Å². The first-order valence-corrected chi connectivity index (χ1v) is 6.41. The average Bonchev–Trinajstić information content (AvgIpc) is 2.73. The molecule has 3 atom stereocenters. The summed E-state index contributed by atoms with van der Waals surface area (Å²) in [6, 6.07) is 0.608. The topological polar surface area (TPSA) is 58.4 Å². The van der Waals surface area contributed by atoms with Crippen LogP contribution < -0.4 is 11.1 Å². The molecule has 0 aromatic carbocycles. The van der Waals surface area contributed by atoms with Crippen molar-refractivity contribution in [2.24, 2.45) is 17.6 Å². The van der Waals surface area contributed by atoms with Crippen LogP contribution in [0.5, 0.6) is 0 Å². The minimum Gasteiger partial charge on any atom is -0.369 e. The molecule has 0 aromatic heterocycles.